The third-order valence-corrected chi connectivity index (χ3v) is 20.7. The van der Waals surface area contributed by atoms with Crippen LogP contribution >= 0.6 is 11.8 Å². The van der Waals surface area contributed by atoms with Gasteiger partial charge in [0.05, 0.1) is 42.5 Å². The minimum atomic E-state index is -2.40. The number of aliphatic carboxylic acids is 1. The van der Waals surface area contributed by atoms with E-state index >= 15 is 0 Å². The highest BCUT2D eigenvalue weighted by Gasteiger charge is 2.60. The Kier molecular flexibility index (Phi) is 21.3. The molecule has 2 amide bonds. The second-order valence-corrected chi connectivity index (χ2v) is 27.7. The molecule has 450 valence electrons. The Hall–Kier alpha value is -3.53. The number of hydrogen-bond donors (Lipinski definition) is 7. The molecule has 5 fully saturated rings. The fraction of sp³-hybridized carbons (Fsp3) is 0.803. The van der Waals surface area contributed by atoms with E-state index in [1.165, 1.54) is 21.6 Å². The number of nitrogens with one attached hydrogen (secondary N) is 2. The number of piperidine rings is 1. The Morgan fingerprint density at radius 3 is 2.36 bits per heavy atom. The third-order valence-electron chi connectivity index (χ3n) is 19.2. The van der Waals surface area contributed by atoms with E-state index < -0.39 is 101 Å². The Morgan fingerprint density at radius 2 is 1.69 bits per heavy atom. The number of aliphatic hydroxyl groups is 4. The lowest BCUT2D eigenvalue weighted by atomic mass is 9.76. The number of carboxylic acids is 1. The van der Waals surface area contributed by atoms with Crippen molar-refractivity contribution < 1.29 is 68.5 Å². The van der Waals surface area contributed by atoms with Gasteiger partial charge in [0, 0.05) is 78.6 Å². The van der Waals surface area contributed by atoms with Gasteiger partial charge in [0.1, 0.15) is 23.6 Å². The Morgan fingerprint density at radius 1 is 0.988 bits per heavy atom. The van der Waals surface area contributed by atoms with Crippen molar-refractivity contribution in [1.82, 2.24) is 20.4 Å². The summed E-state index contributed by atoms with van der Waals surface area (Å²) in [5, 5.41) is 63.0. The van der Waals surface area contributed by atoms with Crippen LogP contribution in [-0.4, -0.2) is 169 Å². The zero-order valence-corrected chi connectivity index (χ0v) is 50.5. The van der Waals surface area contributed by atoms with Crippen molar-refractivity contribution in [3.8, 4) is 0 Å². The van der Waals surface area contributed by atoms with Crippen molar-refractivity contribution in [2.24, 2.45) is 53.3 Å². The van der Waals surface area contributed by atoms with Gasteiger partial charge in [-0.25, -0.2) is 9.59 Å². The summed E-state index contributed by atoms with van der Waals surface area (Å²) in [7, 11) is 1.56. The highest BCUT2D eigenvalue weighted by atomic mass is 32.2. The van der Waals surface area contributed by atoms with Gasteiger partial charge in [0.25, 0.3) is 11.7 Å². The number of carbonyl (C=O) groups excluding carboxylic acids is 5. The Bertz CT molecular complexity index is 2380. The second-order valence-electron chi connectivity index (χ2n) is 26.3. The van der Waals surface area contributed by atoms with Crippen LogP contribution in [-0.2, 0) is 43.0 Å². The first kappa shape index (κ1) is 64.0. The average Bonchev–Trinajstić information content (AvgIpc) is 3.96. The standard InChI is InChI=1S/C61H96N4O14S/c1-31-21-32(2)23-41(18-19-60(10,11)63-29-42-27-43(30-62-42)80-54-38(8)50-49(39(9)66)56(71)65(50)51(54)58(73)74)47(69)28-46(68)37(7)53(35(5)25-40-16-17-45(67)48(26-40)77-12)78-59(75)44-15-13-14-20-64(44)57(72)55(70)61(76)36(6)24-34(4)52(79-61)33(3)22-31/h23,25,31,33-34,36-46,48-50,52-53,62-63,66-68,76H,13-22,24,26-30H2,1-12H3,(H,73,74)/b32-23+,35-25+/t31-,33-,34-,36+,37+,38+,39+,40-,41+,42-,43-,44-,45+,46-,48+,49+,50+,52+,53+,61+/m0/s1. The SMILES string of the molecule is CO[C@@H]1C[C@H](/C=C(\C)[C@H]2OC(=O)[C@@H]3CCCCN3C(=O)C(=O)[C@]3(O)O[C@H]([C@@H](C)C[C@@H](C)C/C(C)=C/[C@@H](CCC(C)(C)NC[C@@H]4C[C@H](SC5=C(C(=O)O)N6C(=O)[C@H]([C@@H](C)O)[C@H]6[C@H]5C)CN4)C(=O)C[C@H](O)[C@H]2C)[C@@H](C)C[C@H]3C)CC[C@H]1O. The summed E-state index contributed by atoms with van der Waals surface area (Å²) in [5.74, 6) is -9.87. The molecule has 4 saturated heterocycles. The zero-order valence-electron chi connectivity index (χ0n) is 49.7. The number of cyclic esters (lactones) is 1. The molecule has 0 aromatic heterocycles. The Labute approximate surface area is 479 Å². The number of amides is 2. The van der Waals surface area contributed by atoms with Crippen LogP contribution in [0.25, 0.3) is 0 Å². The molecule has 6 heterocycles. The predicted molar refractivity (Wildman–Crippen MR) is 303 cm³/mol. The fourth-order valence-corrected chi connectivity index (χ4v) is 16.1. The van der Waals surface area contributed by atoms with Crippen LogP contribution < -0.4 is 10.6 Å². The molecule has 80 heavy (non-hydrogen) atoms. The molecule has 18 nitrogen and oxygen atoms in total. The number of ether oxygens (including phenoxy) is 3. The molecule has 7 N–H and O–H groups in total. The zero-order chi connectivity index (χ0) is 58.9. The van der Waals surface area contributed by atoms with Crippen LogP contribution in [0.4, 0.5) is 0 Å². The average molecular weight is 1140 g/mol. The number of nitrogens with zero attached hydrogens (tertiary/aromatic N) is 2. The lowest BCUT2D eigenvalue weighted by molar-refractivity contribution is -0.282. The lowest BCUT2D eigenvalue weighted by Crippen LogP contribution is -2.63. The minimum Gasteiger partial charge on any atom is -0.477 e. The summed E-state index contributed by atoms with van der Waals surface area (Å²) in [6, 6.07) is -1.44. The smallest absolute Gasteiger partial charge is 0.353 e. The van der Waals surface area contributed by atoms with Gasteiger partial charge in [0.2, 0.25) is 11.7 Å². The monoisotopic (exact) mass is 1140 g/mol. The number of Topliss-reactive ketones (excluding diaryl/α,β-unsaturated/α-hetero) is 2. The largest absolute Gasteiger partial charge is 0.477 e. The van der Waals surface area contributed by atoms with Crippen LogP contribution in [0.3, 0.4) is 0 Å². The molecule has 20 atom stereocenters. The maximum absolute atomic E-state index is 14.9. The molecule has 1 aliphatic carbocycles. The summed E-state index contributed by atoms with van der Waals surface area (Å²) < 4.78 is 18.5. The van der Waals surface area contributed by atoms with Gasteiger partial charge in [-0.3, -0.25) is 19.2 Å². The number of allylic oxidation sites excluding steroid dienone is 3. The molecule has 0 aromatic rings. The van der Waals surface area contributed by atoms with Crippen molar-refractivity contribution in [3.63, 3.8) is 0 Å². The molecule has 6 aliphatic heterocycles. The van der Waals surface area contributed by atoms with E-state index in [1.807, 2.05) is 46.8 Å². The van der Waals surface area contributed by atoms with Crippen LogP contribution in [0.1, 0.15) is 160 Å². The third kappa shape index (κ3) is 14.2. The summed E-state index contributed by atoms with van der Waals surface area (Å²) in [4.78, 5) is 87.0. The molecule has 0 radical (unpaired) electrons. The van der Waals surface area contributed by atoms with Gasteiger partial charge >= 0.3 is 11.9 Å². The number of aliphatic hydroxyl groups excluding tert-OH is 3. The fourth-order valence-electron chi connectivity index (χ4n) is 14.6. The van der Waals surface area contributed by atoms with Crippen LogP contribution in [0.5, 0.6) is 0 Å². The maximum atomic E-state index is 14.9. The number of fused-ring (bicyclic) bond motifs is 4. The minimum absolute atomic E-state index is 0.0283. The quantitative estimate of drug-likeness (QED) is 0.0478. The number of rotatable bonds is 13. The van der Waals surface area contributed by atoms with Crippen LogP contribution in [0, 0.1) is 53.3 Å². The highest BCUT2D eigenvalue weighted by Crippen LogP contribution is 2.52. The first-order valence-electron chi connectivity index (χ1n) is 29.9. The molecule has 0 unspecified atom stereocenters. The van der Waals surface area contributed by atoms with Crippen LogP contribution in [0.2, 0.25) is 0 Å². The normalized spacial score (nSPS) is 40.6. The van der Waals surface area contributed by atoms with E-state index in [0.29, 0.717) is 87.8 Å². The number of methoxy groups -OCH3 is 1. The van der Waals surface area contributed by atoms with E-state index in [0.717, 1.165) is 12.0 Å². The van der Waals surface area contributed by atoms with Gasteiger partial charge in [-0.2, -0.15) is 0 Å². The number of carbonyl (C=O) groups is 6. The van der Waals surface area contributed by atoms with Crippen molar-refractivity contribution >= 4 is 47.1 Å². The number of hydrogen-bond acceptors (Lipinski definition) is 16. The molecule has 2 bridgehead atoms. The maximum Gasteiger partial charge on any atom is 0.353 e. The summed E-state index contributed by atoms with van der Waals surface area (Å²) in [6.45, 7) is 22.6. The predicted octanol–water partition coefficient (Wildman–Crippen LogP) is 6.07. The van der Waals surface area contributed by atoms with Gasteiger partial charge < -0.3 is 60.2 Å². The number of ketones is 2. The van der Waals surface area contributed by atoms with Crippen molar-refractivity contribution in [3.05, 3.63) is 33.9 Å². The first-order valence-corrected chi connectivity index (χ1v) is 30.8. The molecule has 7 aliphatic rings. The summed E-state index contributed by atoms with van der Waals surface area (Å²) in [5.41, 5.74) is 1.24. The Balaban J connectivity index is 1.11. The summed E-state index contributed by atoms with van der Waals surface area (Å²) in [6.07, 6.45) is 5.75. The van der Waals surface area contributed by atoms with Crippen LogP contribution in [0.15, 0.2) is 33.9 Å². The van der Waals surface area contributed by atoms with E-state index in [1.54, 1.807) is 27.9 Å². The first-order chi connectivity index (χ1) is 37.6. The van der Waals surface area contributed by atoms with Crippen molar-refractivity contribution in [1.29, 1.82) is 0 Å². The van der Waals surface area contributed by atoms with Gasteiger partial charge in [0.15, 0.2) is 0 Å². The number of esters is 1. The van der Waals surface area contributed by atoms with E-state index in [-0.39, 0.29) is 83.7 Å². The van der Waals surface area contributed by atoms with E-state index in [9.17, 15) is 54.3 Å². The van der Waals surface area contributed by atoms with Gasteiger partial charge in [-0.1, -0.05) is 59.3 Å². The molecule has 0 spiro atoms. The highest BCUT2D eigenvalue weighted by molar-refractivity contribution is 8.03. The van der Waals surface area contributed by atoms with Gasteiger partial charge in [-0.05, 0) is 141 Å². The molecule has 7 rings (SSSR count). The number of thioether (sulfide) groups is 1. The topological polar surface area (TPSA) is 262 Å². The second kappa shape index (κ2) is 26.6. The van der Waals surface area contributed by atoms with Gasteiger partial charge in [-0.15, -0.1) is 11.8 Å². The van der Waals surface area contributed by atoms with Crippen molar-refractivity contribution in [2.45, 2.75) is 231 Å². The molecule has 19 heteroatoms. The summed E-state index contributed by atoms with van der Waals surface area (Å²) >= 11 is 1.51. The lowest BCUT2D eigenvalue weighted by Gasteiger charge is -2.46. The molecular formula is C61H96N4O14S. The van der Waals surface area contributed by atoms with Crippen molar-refractivity contribution in [2.75, 3.05) is 26.7 Å². The van der Waals surface area contributed by atoms with E-state index in [4.69, 9.17) is 14.2 Å². The molecule has 1 saturated carbocycles. The number of carboxylic acid groups (broad SMARTS) is 1. The molecule has 0 aromatic carbocycles. The van der Waals surface area contributed by atoms with E-state index in [2.05, 4.69) is 31.4 Å². The number of β-lactam (4-membered cyclic amide) rings is 1. The molecular weight excluding hydrogens is 1040 g/mol.